The number of anilines is 1. The van der Waals surface area contributed by atoms with Gasteiger partial charge >= 0.3 is 0 Å². The number of rotatable bonds is 3. The molecule has 4 rings (SSSR count). The Bertz CT molecular complexity index is 981. The van der Waals surface area contributed by atoms with E-state index >= 15 is 0 Å². The van der Waals surface area contributed by atoms with Crippen molar-refractivity contribution in [1.82, 2.24) is 15.1 Å². The van der Waals surface area contributed by atoms with Crippen molar-refractivity contribution in [2.75, 3.05) is 31.1 Å². The maximum atomic E-state index is 13.9. The first-order valence-corrected chi connectivity index (χ1v) is 8.70. The molecule has 0 spiro atoms. The molecular formula is C19H19F2N5O. The number of carbonyl (C=O) groups is 1. The third-order valence-electron chi connectivity index (χ3n) is 4.94. The molecule has 0 aliphatic carbocycles. The largest absolute Gasteiger partial charge is 0.368 e. The molecule has 140 valence electrons. The molecule has 2 heterocycles. The summed E-state index contributed by atoms with van der Waals surface area (Å²) in [6.45, 7) is 2.26. The van der Waals surface area contributed by atoms with Crippen LogP contribution < -0.4 is 10.6 Å². The molecule has 3 aromatic rings. The highest BCUT2D eigenvalue weighted by atomic mass is 19.1. The molecule has 27 heavy (non-hydrogen) atoms. The van der Waals surface area contributed by atoms with Crippen LogP contribution in [0.2, 0.25) is 0 Å². The number of hydrogen-bond acceptors (Lipinski definition) is 4. The Kier molecular flexibility index (Phi) is 4.49. The first-order valence-electron chi connectivity index (χ1n) is 8.70. The number of carbonyl (C=O) groups excluding carboxylic acids is 1. The van der Waals surface area contributed by atoms with Crippen molar-refractivity contribution in [3.63, 3.8) is 0 Å². The van der Waals surface area contributed by atoms with Crippen LogP contribution in [0.15, 0.2) is 42.6 Å². The predicted molar refractivity (Wildman–Crippen MR) is 98.2 cm³/mol. The third-order valence-corrected chi connectivity index (χ3v) is 4.94. The van der Waals surface area contributed by atoms with E-state index in [1.165, 1.54) is 6.07 Å². The predicted octanol–water partition coefficient (Wildman–Crippen LogP) is 2.19. The number of halogens is 2. The zero-order valence-electron chi connectivity index (χ0n) is 14.5. The molecule has 6 nitrogen and oxygen atoms in total. The lowest BCUT2D eigenvalue weighted by molar-refractivity contribution is -0.133. The molecule has 8 heteroatoms. The summed E-state index contributed by atoms with van der Waals surface area (Å²) in [6, 6.07) is 7.97. The van der Waals surface area contributed by atoms with Gasteiger partial charge in [0.1, 0.15) is 17.7 Å². The Hall–Kier alpha value is -3.00. The molecule has 1 aromatic heterocycles. The van der Waals surface area contributed by atoms with Crippen LogP contribution in [0.25, 0.3) is 10.9 Å². The summed E-state index contributed by atoms with van der Waals surface area (Å²) in [5.41, 5.74) is 7.98. The molecule has 1 aliphatic rings. The van der Waals surface area contributed by atoms with Crippen LogP contribution in [0, 0.1) is 11.6 Å². The first kappa shape index (κ1) is 17.4. The second-order valence-electron chi connectivity index (χ2n) is 6.60. The molecular weight excluding hydrogens is 352 g/mol. The van der Waals surface area contributed by atoms with E-state index in [0.29, 0.717) is 26.2 Å². The van der Waals surface area contributed by atoms with Gasteiger partial charge < -0.3 is 15.5 Å². The number of aromatic amines is 1. The average Bonchev–Trinajstić information content (AvgIpc) is 3.15. The van der Waals surface area contributed by atoms with Crippen LogP contribution in [0.5, 0.6) is 0 Å². The van der Waals surface area contributed by atoms with Gasteiger partial charge in [0.2, 0.25) is 5.91 Å². The lowest BCUT2D eigenvalue weighted by Gasteiger charge is -2.37. The van der Waals surface area contributed by atoms with E-state index in [1.807, 2.05) is 12.1 Å². The zero-order valence-corrected chi connectivity index (χ0v) is 14.5. The van der Waals surface area contributed by atoms with Gasteiger partial charge in [-0.1, -0.05) is 6.07 Å². The van der Waals surface area contributed by atoms with E-state index in [4.69, 9.17) is 5.73 Å². The molecule has 1 atom stereocenters. The number of hydrogen-bond donors (Lipinski definition) is 2. The molecule has 3 N–H and O–H groups in total. The monoisotopic (exact) mass is 371 g/mol. The van der Waals surface area contributed by atoms with Gasteiger partial charge in [0.15, 0.2) is 0 Å². The fourth-order valence-corrected chi connectivity index (χ4v) is 3.40. The van der Waals surface area contributed by atoms with E-state index in [2.05, 4.69) is 21.2 Å². The summed E-state index contributed by atoms with van der Waals surface area (Å²) in [5.74, 6) is -1.85. The quantitative estimate of drug-likeness (QED) is 0.740. The van der Waals surface area contributed by atoms with Crippen molar-refractivity contribution >= 4 is 22.5 Å². The third kappa shape index (κ3) is 3.35. The highest BCUT2D eigenvalue weighted by Crippen LogP contribution is 2.23. The normalized spacial score (nSPS) is 16.0. The zero-order chi connectivity index (χ0) is 19.0. The van der Waals surface area contributed by atoms with E-state index < -0.39 is 17.7 Å². The van der Waals surface area contributed by atoms with Crippen LogP contribution in [0.3, 0.4) is 0 Å². The van der Waals surface area contributed by atoms with Crippen LogP contribution >= 0.6 is 0 Å². The minimum absolute atomic E-state index is 0.00855. The average molecular weight is 371 g/mol. The van der Waals surface area contributed by atoms with E-state index in [1.54, 1.807) is 11.1 Å². The Morgan fingerprint density at radius 1 is 1.11 bits per heavy atom. The SMILES string of the molecule is NC(C(=O)N1CCN(c2ccc3[nH]ncc3c2)CC1)c1ccc(F)cc1F. The molecule has 1 unspecified atom stereocenters. The molecule has 1 aliphatic heterocycles. The summed E-state index contributed by atoms with van der Waals surface area (Å²) in [5, 5.41) is 7.97. The summed E-state index contributed by atoms with van der Waals surface area (Å²) < 4.78 is 27.0. The number of benzene rings is 2. The number of piperazine rings is 1. The second-order valence-corrected chi connectivity index (χ2v) is 6.60. The number of nitrogens with two attached hydrogens (primary N) is 1. The van der Waals surface area contributed by atoms with E-state index in [0.717, 1.165) is 28.7 Å². The highest BCUT2D eigenvalue weighted by molar-refractivity contribution is 5.84. The second kappa shape index (κ2) is 6.96. The Balaban J connectivity index is 1.42. The topological polar surface area (TPSA) is 78.3 Å². The Morgan fingerprint density at radius 3 is 2.63 bits per heavy atom. The number of aromatic nitrogens is 2. The lowest BCUT2D eigenvalue weighted by atomic mass is 10.1. The summed E-state index contributed by atoms with van der Waals surface area (Å²) in [4.78, 5) is 16.4. The molecule has 1 fully saturated rings. The lowest BCUT2D eigenvalue weighted by Crippen LogP contribution is -2.51. The molecule has 1 saturated heterocycles. The maximum Gasteiger partial charge on any atom is 0.244 e. The Morgan fingerprint density at radius 2 is 1.89 bits per heavy atom. The van der Waals surface area contributed by atoms with Crippen molar-refractivity contribution in [3.05, 3.63) is 59.8 Å². The van der Waals surface area contributed by atoms with E-state index in [-0.39, 0.29) is 11.5 Å². The van der Waals surface area contributed by atoms with Gasteiger partial charge in [0.25, 0.3) is 0 Å². The van der Waals surface area contributed by atoms with Gasteiger partial charge in [0, 0.05) is 48.9 Å². The van der Waals surface area contributed by atoms with Crippen molar-refractivity contribution in [1.29, 1.82) is 0 Å². The molecule has 2 aromatic carbocycles. The number of H-pyrrole nitrogens is 1. The van der Waals surface area contributed by atoms with Crippen molar-refractivity contribution in [2.45, 2.75) is 6.04 Å². The molecule has 0 saturated carbocycles. The number of fused-ring (bicyclic) bond motifs is 1. The number of nitrogens with zero attached hydrogens (tertiary/aromatic N) is 3. The van der Waals surface area contributed by atoms with Gasteiger partial charge in [0.05, 0.1) is 11.7 Å². The summed E-state index contributed by atoms with van der Waals surface area (Å²) >= 11 is 0. The van der Waals surface area contributed by atoms with Crippen LogP contribution in [0.4, 0.5) is 14.5 Å². The summed E-state index contributed by atoms with van der Waals surface area (Å²) in [6.07, 6.45) is 1.77. The Labute approximate surface area is 154 Å². The summed E-state index contributed by atoms with van der Waals surface area (Å²) in [7, 11) is 0. The first-order chi connectivity index (χ1) is 13.0. The maximum absolute atomic E-state index is 13.9. The van der Waals surface area contributed by atoms with Gasteiger partial charge in [-0.05, 0) is 24.3 Å². The highest BCUT2D eigenvalue weighted by Gasteiger charge is 2.28. The fourth-order valence-electron chi connectivity index (χ4n) is 3.40. The fraction of sp³-hybridized carbons (Fsp3) is 0.263. The van der Waals surface area contributed by atoms with E-state index in [9.17, 15) is 13.6 Å². The standard InChI is InChI=1S/C19H19F2N5O/c20-13-1-3-15(16(21)10-13)18(22)19(27)26-7-5-25(6-8-26)14-2-4-17-12(9-14)11-23-24-17/h1-4,9-11,18H,5-8,22H2,(H,23,24). The smallest absolute Gasteiger partial charge is 0.244 e. The molecule has 1 amide bonds. The number of nitrogens with one attached hydrogen (secondary N) is 1. The minimum Gasteiger partial charge on any atom is -0.368 e. The van der Waals surface area contributed by atoms with Crippen molar-refractivity contribution < 1.29 is 13.6 Å². The van der Waals surface area contributed by atoms with Gasteiger partial charge in [-0.25, -0.2) is 8.78 Å². The van der Waals surface area contributed by atoms with Crippen LogP contribution in [-0.4, -0.2) is 47.2 Å². The van der Waals surface area contributed by atoms with Crippen LogP contribution in [0.1, 0.15) is 11.6 Å². The van der Waals surface area contributed by atoms with Gasteiger partial charge in [-0.15, -0.1) is 0 Å². The van der Waals surface area contributed by atoms with Crippen molar-refractivity contribution in [3.8, 4) is 0 Å². The van der Waals surface area contributed by atoms with Crippen LogP contribution in [-0.2, 0) is 4.79 Å². The molecule has 0 radical (unpaired) electrons. The number of amides is 1. The molecule has 0 bridgehead atoms. The van der Waals surface area contributed by atoms with Gasteiger partial charge in [-0.2, -0.15) is 5.10 Å². The van der Waals surface area contributed by atoms with Crippen molar-refractivity contribution in [2.24, 2.45) is 5.73 Å². The minimum atomic E-state index is -1.14. The van der Waals surface area contributed by atoms with Gasteiger partial charge in [-0.3, -0.25) is 9.89 Å².